The highest BCUT2D eigenvalue weighted by Gasteiger charge is 2.17. The number of benzene rings is 2. The van der Waals surface area contributed by atoms with Gasteiger partial charge in [0.1, 0.15) is 0 Å². The van der Waals surface area contributed by atoms with Gasteiger partial charge in [-0.15, -0.1) is 6.58 Å². The molecule has 3 aromatic rings. The van der Waals surface area contributed by atoms with Crippen molar-refractivity contribution in [2.75, 3.05) is 6.54 Å². The van der Waals surface area contributed by atoms with Crippen LogP contribution in [-0.2, 0) is 13.1 Å². The van der Waals surface area contributed by atoms with Crippen molar-refractivity contribution < 1.29 is 4.79 Å². The van der Waals surface area contributed by atoms with Gasteiger partial charge < -0.3 is 9.47 Å². The number of hydrogen-bond acceptors (Lipinski definition) is 1. The summed E-state index contributed by atoms with van der Waals surface area (Å²) in [5, 5.41) is 1.26. The summed E-state index contributed by atoms with van der Waals surface area (Å²) in [7, 11) is 0. The average Bonchev–Trinajstić information content (AvgIpc) is 3.07. The normalized spacial score (nSPS) is 10.6. The molecule has 0 fully saturated rings. The first-order chi connectivity index (χ1) is 13.1. The van der Waals surface area contributed by atoms with Crippen LogP contribution in [0.4, 0.5) is 0 Å². The molecule has 1 heterocycles. The van der Waals surface area contributed by atoms with E-state index in [-0.39, 0.29) is 5.91 Å². The quantitative estimate of drug-likeness (QED) is 0.470. The summed E-state index contributed by atoms with van der Waals surface area (Å²) in [6, 6.07) is 18.8. The van der Waals surface area contributed by atoms with E-state index >= 15 is 0 Å². The molecule has 0 aliphatic heterocycles. The molecule has 0 unspecified atom stereocenters. The standard InChI is InChI=1S/C22H20Cl2N2O/c1-2-11-26(22(27)18-7-4-9-20(24)14-18)16-21-10-5-12-25(21)15-17-6-3-8-19(23)13-17/h2-10,12-14H,1,11,15-16H2. The predicted molar refractivity (Wildman–Crippen MR) is 111 cm³/mol. The van der Waals surface area contributed by atoms with E-state index in [2.05, 4.69) is 11.1 Å². The van der Waals surface area contributed by atoms with Crippen molar-refractivity contribution in [1.82, 2.24) is 9.47 Å². The van der Waals surface area contributed by atoms with Gasteiger partial charge in [-0.25, -0.2) is 0 Å². The van der Waals surface area contributed by atoms with Gasteiger partial charge in [0.25, 0.3) is 5.91 Å². The molecule has 3 rings (SSSR count). The van der Waals surface area contributed by atoms with Crippen LogP contribution in [-0.4, -0.2) is 21.9 Å². The lowest BCUT2D eigenvalue weighted by molar-refractivity contribution is 0.0759. The molecule has 3 nitrogen and oxygen atoms in total. The Kier molecular flexibility index (Phi) is 6.38. The zero-order valence-corrected chi connectivity index (χ0v) is 16.3. The highest BCUT2D eigenvalue weighted by Crippen LogP contribution is 2.17. The SMILES string of the molecule is C=CCN(Cc1cccn1Cc1cccc(Cl)c1)C(=O)c1cccc(Cl)c1. The van der Waals surface area contributed by atoms with E-state index in [4.69, 9.17) is 23.2 Å². The molecule has 1 amide bonds. The number of rotatable bonds is 7. The van der Waals surface area contributed by atoms with Crippen molar-refractivity contribution >= 4 is 29.1 Å². The van der Waals surface area contributed by atoms with Crippen LogP contribution < -0.4 is 0 Å². The molecule has 0 atom stereocenters. The second-order valence-electron chi connectivity index (χ2n) is 6.24. The summed E-state index contributed by atoms with van der Waals surface area (Å²) in [6.45, 7) is 5.40. The Morgan fingerprint density at radius 1 is 1.04 bits per heavy atom. The third-order valence-corrected chi connectivity index (χ3v) is 4.70. The van der Waals surface area contributed by atoms with Gasteiger partial charge in [-0.05, 0) is 48.0 Å². The van der Waals surface area contributed by atoms with Gasteiger partial charge in [0.15, 0.2) is 0 Å². The van der Waals surface area contributed by atoms with Gasteiger partial charge in [-0.2, -0.15) is 0 Å². The van der Waals surface area contributed by atoms with Crippen LogP contribution >= 0.6 is 23.2 Å². The molecule has 0 spiro atoms. The summed E-state index contributed by atoms with van der Waals surface area (Å²) >= 11 is 12.1. The van der Waals surface area contributed by atoms with Crippen molar-refractivity contribution in [2.24, 2.45) is 0 Å². The highest BCUT2D eigenvalue weighted by molar-refractivity contribution is 6.31. The van der Waals surface area contributed by atoms with E-state index in [0.29, 0.717) is 35.2 Å². The van der Waals surface area contributed by atoms with E-state index in [0.717, 1.165) is 11.3 Å². The second-order valence-corrected chi connectivity index (χ2v) is 7.11. The monoisotopic (exact) mass is 398 g/mol. The lowest BCUT2D eigenvalue weighted by atomic mass is 10.2. The lowest BCUT2D eigenvalue weighted by Gasteiger charge is -2.22. The lowest BCUT2D eigenvalue weighted by Crippen LogP contribution is -2.31. The maximum Gasteiger partial charge on any atom is 0.254 e. The fourth-order valence-corrected chi connectivity index (χ4v) is 3.36. The van der Waals surface area contributed by atoms with E-state index in [1.807, 2.05) is 42.6 Å². The van der Waals surface area contributed by atoms with Crippen LogP contribution in [0.2, 0.25) is 10.0 Å². The van der Waals surface area contributed by atoms with E-state index < -0.39 is 0 Å². The van der Waals surface area contributed by atoms with E-state index in [1.54, 1.807) is 35.2 Å². The Hall–Kier alpha value is -2.49. The minimum Gasteiger partial charge on any atom is -0.345 e. The van der Waals surface area contributed by atoms with Gasteiger partial charge >= 0.3 is 0 Å². The zero-order chi connectivity index (χ0) is 19.2. The van der Waals surface area contributed by atoms with E-state index in [9.17, 15) is 4.79 Å². The molecule has 0 N–H and O–H groups in total. The van der Waals surface area contributed by atoms with Crippen molar-refractivity contribution in [3.63, 3.8) is 0 Å². The number of halogens is 2. The molecule has 0 aliphatic carbocycles. The fourth-order valence-electron chi connectivity index (χ4n) is 2.95. The molecular formula is C22H20Cl2N2O. The zero-order valence-electron chi connectivity index (χ0n) is 14.8. The fraction of sp³-hybridized carbons (Fsp3) is 0.136. The van der Waals surface area contributed by atoms with Crippen molar-refractivity contribution in [2.45, 2.75) is 13.1 Å². The Bertz CT molecular complexity index is 949. The van der Waals surface area contributed by atoms with Gasteiger partial charge in [-0.1, -0.05) is 47.5 Å². The van der Waals surface area contributed by atoms with Gasteiger partial charge in [-0.3, -0.25) is 4.79 Å². The minimum atomic E-state index is -0.0760. The first-order valence-electron chi connectivity index (χ1n) is 8.61. The number of carbonyl (C=O) groups is 1. The average molecular weight is 399 g/mol. The van der Waals surface area contributed by atoms with E-state index in [1.165, 1.54) is 0 Å². The Balaban J connectivity index is 1.80. The molecule has 0 aliphatic rings. The van der Waals surface area contributed by atoms with Crippen LogP contribution in [0, 0.1) is 0 Å². The molecule has 0 saturated heterocycles. The second kappa shape index (κ2) is 8.94. The summed E-state index contributed by atoms with van der Waals surface area (Å²) < 4.78 is 2.12. The van der Waals surface area contributed by atoms with Crippen LogP contribution in [0.1, 0.15) is 21.6 Å². The Morgan fingerprint density at radius 2 is 1.78 bits per heavy atom. The molecule has 1 aromatic heterocycles. The highest BCUT2D eigenvalue weighted by atomic mass is 35.5. The summed E-state index contributed by atoms with van der Waals surface area (Å²) in [4.78, 5) is 14.7. The first-order valence-corrected chi connectivity index (χ1v) is 9.36. The third-order valence-electron chi connectivity index (χ3n) is 4.23. The molecular weight excluding hydrogens is 379 g/mol. The van der Waals surface area contributed by atoms with Crippen LogP contribution in [0.3, 0.4) is 0 Å². The molecule has 2 aromatic carbocycles. The minimum absolute atomic E-state index is 0.0760. The van der Waals surface area contributed by atoms with Crippen molar-refractivity contribution in [3.05, 3.63) is 106 Å². The largest absolute Gasteiger partial charge is 0.345 e. The van der Waals surface area contributed by atoms with Crippen LogP contribution in [0.5, 0.6) is 0 Å². The molecule has 0 radical (unpaired) electrons. The maximum atomic E-state index is 12.9. The Labute approximate surface area is 169 Å². The third kappa shape index (κ3) is 5.03. The topological polar surface area (TPSA) is 25.2 Å². The molecule has 138 valence electrons. The summed E-state index contributed by atoms with van der Waals surface area (Å²) in [5.74, 6) is -0.0760. The molecule has 5 heteroatoms. The van der Waals surface area contributed by atoms with Gasteiger partial charge in [0, 0.05) is 40.6 Å². The Morgan fingerprint density at radius 3 is 2.48 bits per heavy atom. The van der Waals surface area contributed by atoms with Crippen molar-refractivity contribution in [3.8, 4) is 0 Å². The molecule has 0 saturated carbocycles. The van der Waals surface area contributed by atoms with Gasteiger partial charge in [0.2, 0.25) is 0 Å². The van der Waals surface area contributed by atoms with Crippen LogP contribution in [0.25, 0.3) is 0 Å². The number of amides is 1. The van der Waals surface area contributed by atoms with Gasteiger partial charge in [0.05, 0.1) is 6.54 Å². The predicted octanol–water partition coefficient (Wildman–Crippen LogP) is 5.67. The number of carbonyl (C=O) groups excluding carboxylic acids is 1. The number of hydrogen-bond donors (Lipinski definition) is 0. The molecule has 0 bridgehead atoms. The number of aromatic nitrogens is 1. The van der Waals surface area contributed by atoms with Crippen molar-refractivity contribution in [1.29, 1.82) is 0 Å². The summed E-state index contributed by atoms with van der Waals surface area (Å²) in [6.07, 6.45) is 3.74. The maximum absolute atomic E-state index is 12.9. The summed E-state index contributed by atoms with van der Waals surface area (Å²) in [5.41, 5.74) is 2.71. The number of nitrogens with zero attached hydrogens (tertiary/aromatic N) is 2. The smallest absolute Gasteiger partial charge is 0.254 e. The molecule has 27 heavy (non-hydrogen) atoms. The van der Waals surface area contributed by atoms with Crippen LogP contribution in [0.15, 0.2) is 79.5 Å². The first kappa shape index (κ1) is 19.3.